The fraction of sp³-hybridized carbons (Fsp3) is 0.833. The Balaban J connectivity index is 2.46. The molecule has 1 saturated heterocycles. The van der Waals surface area contributed by atoms with Crippen LogP contribution in [0.3, 0.4) is 0 Å². The van der Waals surface area contributed by atoms with Crippen LogP contribution in [0.1, 0.15) is 26.7 Å². The van der Waals surface area contributed by atoms with Crippen LogP contribution in [0.4, 0.5) is 0 Å². The van der Waals surface area contributed by atoms with Crippen LogP contribution in [0.2, 0.25) is 0 Å². The van der Waals surface area contributed by atoms with Crippen molar-refractivity contribution < 1.29 is 23.1 Å². The summed E-state index contributed by atoms with van der Waals surface area (Å²) in [5.41, 5.74) is -1.01. The first-order valence-electron chi connectivity index (χ1n) is 6.50. The Kier molecular flexibility index (Phi) is 5.15. The van der Waals surface area contributed by atoms with E-state index in [1.165, 1.54) is 4.31 Å². The summed E-state index contributed by atoms with van der Waals surface area (Å²) < 4.78 is 24.1. The highest BCUT2D eigenvalue weighted by Gasteiger charge is 2.31. The van der Waals surface area contributed by atoms with Crippen molar-refractivity contribution in [2.45, 2.75) is 26.7 Å². The number of sulfonamides is 1. The van der Waals surface area contributed by atoms with Gasteiger partial charge in [-0.25, -0.2) is 12.7 Å². The van der Waals surface area contributed by atoms with Crippen LogP contribution < -0.4 is 5.32 Å². The molecule has 116 valence electrons. The van der Waals surface area contributed by atoms with Gasteiger partial charge < -0.3 is 10.4 Å². The second-order valence-electron chi connectivity index (χ2n) is 5.84. The van der Waals surface area contributed by atoms with Crippen molar-refractivity contribution in [1.29, 1.82) is 0 Å². The van der Waals surface area contributed by atoms with E-state index in [4.69, 9.17) is 5.11 Å². The molecule has 2 N–H and O–H groups in total. The van der Waals surface area contributed by atoms with E-state index in [2.05, 4.69) is 5.32 Å². The Bertz CT molecular complexity index is 478. The number of hydrogen-bond acceptors (Lipinski definition) is 4. The number of carboxylic acids is 1. The predicted molar refractivity (Wildman–Crippen MR) is 73.6 cm³/mol. The zero-order valence-electron chi connectivity index (χ0n) is 12.0. The molecule has 1 aliphatic rings. The summed E-state index contributed by atoms with van der Waals surface area (Å²) in [6.07, 6.45) is 2.08. The van der Waals surface area contributed by atoms with Gasteiger partial charge in [-0.15, -0.1) is 0 Å². The topological polar surface area (TPSA) is 104 Å². The van der Waals surface area contributed by atoms with E-state index in [-0.39, 0.29) is 18.4 Å². The smallest absolute Gasteiger partial charge is 0.310 e. The van der Waals surface area contributed by atoms with Gasteiger partial charge >= 0.3 is 5.97 Å². The van der Waals surface area contributed by atoms with Gasteiger partial charge in [-0.05, 0) is 26.7 Å². The number of nitrogens with zero attached hydrogens (tertiary/aromatic N) is 1. The molecule has 0 bridgehead atoms. The maximum absolute atomic E-state index is 12.0. The number of carboxylic acid groups (broad SMARTS) is 1. The molecule has 1 amide bonds. The third-order valence-electron chi connectivity index (χ3n) is 3.58. The zero-order chi connectivity index (χ0) is 15.6. The third kappa shape index (κ3) is 4.45. The van der Waals surface area contributed by atoms with Crippen LogP contribution in [0, 0.1) is 11.3 Å². The lowest BCUT2D eigenvalue weighted by Gasteiger charge is -2.30. The van der Waals surface area contributed by atoms with Gasteiger partial charge in [-0.2, -0.15) is 0 Å². The molecule has 1 fully saturated rings. The second-order valence-corrected chi connectivity index (χ2v) is 7.83. The average molecular weight is 306 g/mol. The molecule has 0 radical (unpaired) electrons. The van der Waals surface area contributed by atoms with Crippen LogP contribution >= 0.6 is 0 Å². The highest BCUT2D eigenvalue weighted by molar-refractivity contribution is 7.88. The first kappa shape index (κ1) is 16.9. The highest BCUT2D eigenvalue weighted by Crippen LogP contribution is 2.20. The molecule has 7 nitrogen and oxygen atoms in total. The molecule has 0 aromatic rings. The van der Waals surface area contributed by atoms with Crippen molar-refractivity contribution in [3.05, 3.63) is 0 Å². The van der Waals surface area contributed by atoms with E-state index >= 15 is 0 Å². The van der Waals surface area contributed by atoms with Crippen molar-refractivity contribution in [3.63, 3.8) is 0 Å². The monoisotopic (exact) mass is 306 g/mol. The van der Waals surface area contributed by atoms with Crippen molar-refractivity contribution in [1.82, 2.24) is 9.62 Å². The maximum Gasteiger partial charge on any atom is 0.310 e. The normalized spacial score (nSPS) is 18.8. The molecule has 20 heavy (non-hydrogen) atoms. The van der Waals surface area contributed by atoms with Gasteiger partial charge in [0, 0.05) is 25.6 Å². The number of amides is 1. The minimum Gasteiger partial charge on any atom is -0.481 e. The number of nitrogens with one attached hydrogen (secondary N) is 1. The minimum absolute atomic E-state index is 0.0630. The fourth-order valence-corrected chi connectivity index (χ4v) is 2.85. The van der Waals surface area contributed by atoms with Gasteiger partial charge in [0.2, 0.25) is 15.9 Å². The SMILES string of the molecule is CC(C)(CNC(=O)C1CCN(S(C)(=O)=O)CC1)C(=O)O. The quantitative estimate of drug-likeness (QED) is 0.737. The Hall–Kier alpha value is -1.15. The van der Waals surface area contributed by atoms with E-state index in [9.17, 15) is 18.0 Å². The summed E-state index contributed by atoms with van der Waals surface area (Å²) in [4.78, 5) is 22.9. The molecule has 0 aromatic heterocycles. The van der Waals surface area contributed by atoms with Gasteiger partial charge in [0.15, 0.2) is 0 Å². The predicted octanol–water partition coefficient (Wildman–Crippen LogP) is -0.115. The molecule has 0 saturated carbocycles. The number of carbonyl (C=O) groups is 2. The number of rotatable bonds is 5. The summed E-state index contributed by atoms with van der Waals surface area (Å²) in [5.74, 6) is -1.42. The molecule has 8 heteroatoms. The molecule has 1 heterocycles. The lowest BCUT2D eigenvalue weighted by Crippen LogP contribution is -2.45. The average Bonchev–Trinajstić information content (AvgIpc) is 2.35. The fourth-order valence-electron chi connectivity index (χ4n) is 1.98. The van der Waals surface area contributed by atoms with Crippen molar-refractivity contribution in [3.8, 4) is 0 Å². The largest absolute Gasteiger partial charge is 0.481 e. The molecule has 1 aliphatic heterocycles. The molecular formula is C12H22N2O5S. The lowest BCUT2D eigenvalue weighted by atomic mass is 9.92. The molecule has 0 atom stereocenters. The van der Waals surface area contributed by atoms with Crippen LogP contribution in [-0.4, -0.2) is 55.6 Å². The molecule has 0 aliphatic carbocycles. The van der Waals surface area contributed by atoms with Crippen LogP contribution in [0.5, 0.6) is 0 Å². The summed E-state index contributed by atoms with van der Waals surface area (Å²) in [5, 5.41) is 11.6. The van der Waals surface area contributed by atoms with E-state index in [0.29, 0.717) is 25.9 Å². The van der Waals surface area contributed by atoms with Gasteiger partial charge in [0.25, 0.3) is 0 Å². The maximum atomic E-state index is 12.0. The summed E-state index contributed by atoms with van der Waals surface area (Å²) in [6, 6.07) is 0. The second kappa shape index (κ2) is 6.09. The summed E-state index contributed by atoms with van der Waals surface area (Å²) in [6.45, 7) is 3.82. The Morgan fingerprint density at radius 3 is 2.20 bits per heavy atom. The van der Waals surface area contributed by atoms with E-state index in [1.807, 2.05) is 0 Å². The lowest BCUT2D eigenvalue weighted by molar-refractivity contribution is -0.147. The molecule has 1 rings (SSSR count). The van der Waals surface area contributed by atoms with Crippen molar-refractivity contribution in [2.75, 3.05) is 25.9 Å². The van der Waals surface area contributed by atoms with Gasteiger partial charge in [-0.3, -0.25) is 9.59 Å². The van der Waals surface area contributed by atoms with Crippen molar-refractivity contribution >= 4 is 21.9 Å². The third-order valence-corrected chi connectivity index (χ3v) is 4.88. The van der Waals surface area contributed by atoms with Crippen LogP contribution in [0.25, 0.3) is 0 Å². The number of hydrogen-bond donors (Lipinski definition) is 2. The molecule has 0 aromatic carbocycles. The number of carbonyl (C=O) groups excluding carboxylic acids is 1. The Labute approximate surface area is 119 Å². The van der Waals surface area contributed by atoms with E-state index in [0.717, 1.165) is 6.26 Å². The van der Waals surface area contributed by atoms with Crippen LogP contribution in [-0.2, 0) is 19.6 Å². The first-order chi connectivity index (χ1) is 9.04. The molecular weight excluding hydrogens is 284 g/mol. The number of aliphatic carboxylic acids is 1. The standard InChI is InChI=1S/C12H22N2O5S/c1-12(2,11(16)17)8-13-10(15)9-4-6-14(7-5-9)20(3,18)19/h9H,4-8H2,1-3H3,(H,13,15)(H,16,17). The van der Waals surface area contributed by atoms with Gasteiger partial charge in [-0.1, -0.05) is 0 Å². The van der Waals surface area contributed by atoms with Gasteiger partial charge in [0.05, 0.1) is 11.7 Å². The summed E-state index contributed by atoms with van der Waals surface area (Å²) in [7, 11) is -3.20. The Morgan fingerprint density at radius 1 is 1.30 bits per heavy atom. The van der Waals surface area contributed by atoms with Gasteiger partial charge in [0.1, 0.15) is 0 Å². The van der Waals surface area contributed by atoms with E-state index in [1.54, 1.807) is 13.8 Å². The van der Waals surface area contributed by atoms with E-state index < -0.39 is 21.4 Å². The molecule has 0 spiro atoms. The number of piperidine rings is 1. The summed E-state index contributed by atoms with van der Waals surface area (Å²) >= 11 is 0. The molecule has 0 unspecified atom stereocenters. The highest BCUT2D eigenvalue weighted by atomic mass is 32.2. The Morgan fingerprint density at radius 2 is 1.80 bits per heavy atom. The van der Waals surface area contributed by atoms with Crippen LogP contribution in [0.15, 0.2) is 0 Å². The van der Waals surface area contributed by atoms with Crippen molar-refractivity contribution in [2.24, 2.45) is 11.3 Å². The minimum atomic E-state index is -3.20. The first-order valence-corrected chi connectivity index (χ1v) is 8.35. The zero-order valence-corrected chi connectivity index (χ0v) is 12.9.